The standard InChI is InChI=1S/C35H35N3O8S/c1-34(2,3)46-33(42)38(4)23-9-16-27(28(20-23)45-26-14-12-24(43-5)13-15-26)35(17-6-18-36-35)30(39)21-44-25-10-7-22(8-11-25)19-29-31(40)37-32(41)47-29/h6-18,20,40H,19,21H2,1-5H3,(H,37,41). The minimum Gasteiger partial charge on any atom is -0.497 e. The fourth-order valence-electron chi connectivity index (χ4n) is 4.81. The second-order valence-corrected chi connectivity index (χ2v) is 12.8. The lowest BCUT2D eigenvalue weighted by Crippen LogP contribution is -2.36. The number of carbonyl (C=O) groups is 2. The van der Waals surface area contributed by atoms with Gasteiger partial charge in [-0.1, -0.05) is 23.5 Å². The van der Waals surface area contributed by atoms with E-state index in [1.807, 2.05) is 0 Å². The van der Waals surface area contributed by atoms with Gasteiger partial charge in [0, 0.05) is 31.3 Å². The van der Waals surface area contributed by atoms with Crippen LogP contribution in [0.5, 0.6) is 28.9 Å². The highest BCUT2D eigenvalue weighted by atomic mass is 32.1. The third-order valence-electron chi connectivity index (χ3n) is 7.20. The number of carbonyl (C=O) groups excluding carboxylic acids is 2. The molecule has 4 aromatic rings. The summed E-state index contributed by atoms with van der Waals surface area (Å²) in [6, 6.07) is 19.1. The fourth-order valence-corrected chi connectivity index (χ4v) is 5.56. The van der Waals surface area contributed by atoms with Gasteiger partial charge in [-0.15, -0.1) is 0 Å². The van der Waals surface area contributed by atoms with Crippen LogP contribution in [-0.2, 0) is 21.5 Å². The lowest BCUT2D eigenvalue weighted by Gasteiger charge is -2.28. The molecule has 0 aliphatic carbocycles. The number of hydrogen-bond acceptors (Lipinski definition) is 10. The van der Waals surface area contributed by atoms with Crippen LogP contribution < -0.4 is 24.0 Å². The van der Waals surface area contributed by atoms with Gasteiger partial charge in [-0.25, -0.2) is 4.79 Å². The van der Waals surface area contributed by atoms with E-state index in [1.54, 1.807) is 120 Å². The number of aromatic hydroxyl groups is 1. The van der Waals surface area contributed by atoms with E-state index in [9.17, 15) is 19.5 Å². The molecule has 3 aromatic carbocycles. The second-order valence-electron chi connectivity index (χ2n) is 11.7. The third kappa shape index (κ3) is 7.72. The molecule has 1 aliphatic rings. The Morgan fingerprint density at radius 2 is 1.68 bits per heavy atom. The predicted octanol–water partition coefficient (Wildman–Crippen LogP) is 6.39. The van der Waals surface area contributed by atoms with Crippen molar-refractivity contribution in [2.45, 2.75) is 38.3 Å². The highest BCUT2D eigenvalue weighted by molar-refractivity contribution is 7.09. The number of H-pyrrole nitrogens is 1. The summed E-state index contributed by atoms with van der Waals surface area (Å²) in [5, 5.41) is 9.88. The predicted molar refractivity (Wildman–Crippen MR) is 180 cm³/mol. The largest absolute Gasteiger partial charge is 0.497 e. The van der Waals surface area contributed by atoms with Gasteiger partial charge in [0.1, 0.15) is 35.2 Å². The van der Waals surface area contributed by atoms with Crippen molar-refractivity contribution < 1.29 is 33.6 Å². The number of aliphatic imine (C=N–C) groups is 1. The summed E-state index contributed by atoms with van der Waals surface area (Å²) in [4.78, 5) is 46.9. The summed E-state index contributed by atoms with van der Waals surface area (Å²) in [5.41, 5.74) is -0.355. The zero-order chi connectivity index (χ0) is 33.8. The quantitative estimate of drug-likeness (QED) is 0.189. The van der Waals surface area contributed by atoms with Crippen molar-refractivity contribution in [3.05, 3.63) is 105 Å². The summed E-state index contributed by atoms with van der Waals surface area (Å²) >= 11 is 0.950. The molecular formula is C35H35N3O8S. The minimum atomic E-state index is -1.45. The van der Waals surface area contributed by atoms with Gasteiger partial charge >= 0.3 is 11.0 Å². The molecule has 2 N–H and O–H groups in total. The topological polar surface area (TPSA) is 140 Å². The van der Waals surface area contributed by atoms with Crippen LogP contribution in [0.1, 0.15) is 36.8 Å². The van der Waals surface area contributed by atoms with E-state index in [0.29, 0.717) is 45.5 Å². The van der Waals surface area contributed by atoms with Crippen LogP contribution in [0.4, 0.5) is 10.5 Å². The van der Waals surface area contributed by atoms with Gasteiger partial charge < -0.3 is 24.1 Å². The van der Waals surface area contributed by atoms with Gasteiger partial charge in [-0.2, -0.15) is 0 Å². The Labute approximate surface area is 275 Å². The van der Waals surface area contributed by atoms with E-state index >= 15 is 0 Å². The second kappa shape index (κ2) is 13.6. The maximum Gasteiger partial charge on any atom is 0.414 e. The van der Waals surface area contributed by atoms with Crippen molar-refractivity contribution in [2.24, 2.45) is 4.99 Å². The highest BCUT2D eigenvalue weighted by Gasteiger charge is 2.41. The molecule has 2 heterocycles. The number of thiazole rings is 1. The van der Waals surface area contributed by atoms with Crippen molar-refractivity contribution in [3.8, 4) is 28.9 Å². The van der Waals surface area contributed by atoms with Gasteiger partial charge in [0.2, 0.25) is 11.7 Å². The maximum atomic E-state index is 14.0. The first-order chi connectivity index (χ1) is 22.4. The zero-order valence-electron chi connectivity index (χ0n) is 26.6. The summed E-state index contributed by atoms with van der Waals surface area (Å²) in [5.74, 6) is 1.41. The van der Waals surface area contributed by atoms with Crippen LogP contribution in [0, 0.1) is 0 Å². The maximum absolute atomic E-state index is 14.0. The van der Waals surface area contributed by atoms with Gasteiger partial charge in [0.15, 0.2) is 5.54 Å². The van der Waals surface area contributed by atoms with E-state index in [2.05, 4.69) is 9.98 Å². The number of amides is 1. The highest BCUT2D eigenvalue weighted by Crippen LogP contribution is 2.41. The number of ether oxygens (including phenoxy) is 4. The first-order valence-electron chi connectivity index (χ1n) is 14.7. The molecular weight excluding hydrogens is 622 g/mol. The number of nitrogens with one attached hydrogen (secondary N) is 1. The molecule has 1 atom stereocenters. The van der Waals surface area contributed by atoms with E-state index in [4.69, 9.17) is 18.9 Å². The van der Waals surface area contributed by atoms with Crippen LogP contribution in [0.3, 0.4) is 0 Å². The number of aromatic nitrogens is 1. The van der Waals surface area contributed by atoms with E-state index in [1.165, 1.54) is 4.90 Å². The Bertz CT molecular complexity index is 1860. The number of benzene rings is 3. The summed E-state index contributed by atoms with van der Waals surface area (Å²) in [7, 11) is 3.16. The zero-order valence-corrected chi connectivity index (χ0v) is 27.4. The molecule has 1 amide bonds. The lowest BCUT2D eigenvalue weighted by atomic mass is 9.86. The molecule has 0 radical (unpaired) electrons. The molecule has 12 heteroatoms. The number of methoxy groups -OCH3 is 1. The van der Waals surface area contributed by atoms with Gasteiger partial charge in [0.25, 0.3) is 0 Å². The molecule has 0 saturated heterocycles. The first kappa shape index (κ1) is 33.0. The molecule has 244 valence electrons. The molecule has 1 aromatic heterocycles. The van der Waals surface area contributed by atoms with Crippen molar-refractivity contribution in [1.29, 1.82) is 0 Å². The van der Waals surface area contributed by atoms with E-state index in [0.717, 1.165) is 16.9 Å². The molecule has 0 spiro atoms. The molecule has 0 saturated carbocycles. The van der Waals surface area contributed by atoms with Crippen LogP contribution in [0.25, 0.3) is 0 Å². The number of allylic oxidation sites excluding steroid dienone is 1. The number of rotatable bonds is 11. The molecule has 0 fully saturated rings. The van der Waals surface area contributed by atoms with Gasteiger partial charge in [-0.05, 0) is 87.0 Å². The molecule has 1 unspecified atom stereocenters. The van der Waals surface area contributed by atoms with Crippen LogP contribution in [0.2, 0.25) is 0 Å². The Kier molecular flexibility index (Phi) is 9.52. The Balaban J connectivity index is 1.41. The normalized spacial score (nSPS) is 15.3. The number of nitrogens with zero attached hydrogens (tertiary/aromatic N) is 2. The average molecular weight is 658 g/mol. The number of hydrogen-bond donors (Lipinski definition) is 2. The molecule has 11 nitrogen and oxygen atoms in total. The van der Waals surface area contributed by atoms with Crippen molar-refractivity contribution in [1.82, 2.24) is 4.98 Å². The first-order valence-corrected chi connectivity index (χ1v) is 15.5. The number of ketones is 1. The van der Waals surface area contributed by atoms with Crippen molar-refractivity contribution in [2.75, 3.05) is 25.7 Å². The molecule has 47 heavy (non-hydrogen) atoms. The number of anilines is 1. The number of aromatic amines is 1. The van der Waals surface area contributed by atoms with Crippen molar-refractivity contribution >= 4 is 35.1 Å². The van der Waals surface area contributed by atoms with Crippen molar-refractivity contribution in [3.63, 3.8) is 0 Å². The van der Waals surface area contributed by atoms with Crippen LogP contribution in [-0.4, -0.2) is 54.5 Å². The molecule has 5 rings (SSSR count). The van der Waals surface area contributed by atoms with Gasteiger partial charge in [0.05, 0.1) is 17.7 Å². The van der Waals surface area contributed by atoms with E-state index < -0.39 is 17.2 Å². The average Bonchev–Trinajstić information content (AvgIpc) is 3.66. The summed E-state index contributed by atoms with van der Waals surface area (Å²) in [6.07, 6.45) is 4.74. The molecule has 0 bridgehead atoms. The Hall–Kier alpha value is -5.36. The van der Waals surface area contributed by atoms with Crippen LogP contribution >= 0.6 is 11.3 Å². The molecule has 1 aliphatic heterocycles. The third-order valence-corrected chi connectivity index (χ3v) is 8.07. The van der Waals surface area contributed by atoms with Crippen LogP contribution in [0.15, 0.2) is 88.7 Å². The minimum absolute atomic E-state index is 0.138. The van der Waals surface area contributed by atoms with Gasteiger partial charge in [-0.3, -0.25) is 24.5 Å². The number of Topliss-reactive ketones (excluding diaryl/α,β-unsaturated/α-hetero) is 1. The fraction of sp³-hybridized carbons (Fsp3) is 0.257. The Morgan fingerprint density at radius 1 is 1.00 bits per heavy atom. The monoisotopic (exact) mass is 657 g/mol. The smallest absolute Gasteiger partial charge is 0.414 e. The SMILES string of the molecule is COc1ccc(Oc2cc(N(C)C(=O)OC(C)(C)C)ccc2C2(C(=O)COc3ccc(Cc4sc(=O)[nH]c4O)cc3)C=CC=N2)cc1. The summed E-state index contributed by atoms with van der Waals surface area (Å²) in [6.45, 7) is 5.06. The van der Waals surface area contributed by atoms with E-state index in [-0.39, 0.29) is 23.1 Å². The summed E-state index contributed by atoms with van der Waals surface area (Å²) < 4.78 is 23.0. The lowest BCUT2D eigenvalue weighted by molar-refractivity contribution is -0.124. The Morgan fingerprint density at radius 3 is 2.28 bits per heavy atom.